The normalized spacial score (nSPS) is 11.5. The molecule has 0 unspecified atom stereocenters. The molecular formula is C21H20F4N4O2. The Morgan fingerprint density at radius 3 is 2.45 bits per heavy atom. The molecule has 2 amide bonds. The van der Waals surface area contributed by atoms with Crippen molar-refractivity contribution in [2.75, 3.05) is 5.32 Å². The van der Waals surface area contributed by atoms with E-state index in [1.807, 2.05) is 13.8 Å². The zero-order valence-corrected chi connectivity index (χ0v) is 16.7. The zero-order chi connectivity index (χ0) is 22.8. The molecule has 0 spiro atoms. The zero-order valence-electron chi connectivity index (χ0n) is 16.7. The highest BCUT2D eigenvalue weighted by atomic mass is 19.4. The molecule has 0 fully saturated rings. The Kier molecular flexibility index (Phi) is 6.30. The Morgan fingerprint density at radius 2 is 1.84 bits per heavy atom. The van der Waals surface area contributed by atoms with Gasteiger partial charge in [-0.15, -0.1) is 0 Å². The van der Waals surface area contributed by atoms with Crippen LogP contribution in [-0.4, -0.2) is 20.9 Å². The summed E-state index contributed by atoms with van der Waals surface area (Å²) in [5.74, 6) is -0.692. The largest absolute Gasteiger partial charge is 0.435 e. The van der Waals surface area contributed by atoms with E-state index >= 15 is 0 Å². The minimum absolute atomic E-state index is 0.0722. The van der Waals surface area contributed by atoms with Crippen LogP contribution in [0.3, 0.4) is 0 Å². The van der Waals surface area contributed by atoms with Gasteiger partial charge in [-0.1, -0.05) is 12.1 Å². The standard InChI is InChI=1S/C21H20F4N4O2/c1-12-3-6-16(7-13(12)2)29-17(9-19(28-29)21(23,24)25)10-26-20(31)27-15-5-4-14(11-30)18(22)8-15/h3-9,30H,10-11H2,1-2H3,(H2,26,27,31). The van der Waals surface area contributed by atoms with Gasteiger partial charge in [0.25, 0.3) is 0 Å². The molecule has 2 aromatic carbocycles. The first-order valence-electron chi connectivity index (χ1n) is 9.26. The summed E-state index contributed by atoms with van der Waals surface area (Å²) in [6, 6.07) is 9.00. The van der Waals surface area contributed by atoms with E-state index in [1.165, 1.54) is 12.1 Å². The molecule has 0 saturated carbocycles. The fraction of sp³-hybridized carbons (Fsp3) is 0.238. The maximum Gasteiger partial charge on any atom is 0.435 e. The summed E-state index contributed by atoms with van der Waals surface area (Å²) in [4.78, 5) is 12.2. The van der Waals surface area contributed by atoms with Crippen LogP contribution in [0.5, 0.6) is 0 Å². The average Bonchev–Trinajstić information content (AvgIpc) is 3.13. The number of hydrogen-bond donors (Lipinski definition) is 3. The number of aryl methyl sites for hydroxylation is 2. The number of halogens is 4. The number of nitrogens with one attached hydrogen (secondary N) is 2. The lowest BCUT2D eigenvalue weighted by atomic mass is 10.1. The van der Waals surface area contributed by atoms with Gasteiger partial charge in [0.1, 0.15) is 5.82 Å². The second-order valence-corrected chi connectivity index (χ2v) is 6.97. The van der Waals surface area contributed by atoms with Crippen LogP contribution in [0.2, 0.25) is 0 Å². The van der Waals surface area contributed by atoms with Gasteiger partial charge in [-0.2, -0.15) is 18.3 Å². The Labute approximate surface area is 175 Å². The van der Waals surface area contributed by atoms with Crippen molar-refractivity contribution in [2.45, 2.75) is 33.2 Å². The van der Waals surface area contributed by atoms with E-state index in [0.717, 1.165) is 27.9 Å². The molecular weight excluding hydrogens is 416 g/mol. The molecule has 0 aliphatic carbocycles. The number of amides is 2. The van der Waals surface area contributed by atoms with Gasteiger partial charge in [-0.05, 0) is 55.3 Å². The highest BCUT2D eigenvalue weighted by Gasteiger charge is 2.35. The summed E-state index contributed by atoms with van der Waals surface area (Å²) >= 11 is 0. The van der Waals surface area contributed by atoms with Gasteiger partial charge in [-0.25, -0.2) is 13.9 Å². The van der Waals surface area contributed by atoms with E-state index in [2.05, 4.69) is 15.7 Å². The van der Waals surface area contributed by atoms with Crippen LogP contribution < -0.4 is 10.6 Å². The van der Waals surface area contributed by atoms with Crippen LogP contribution >= 0.6 is 0 Å². The first kappa shape index (κ1) is 22.3. The molecule has 0 radical (unpaired) electrons. The number of alkyl halides is 3. The molecule has 3 aromatic rings. The molecule has 10 heteroatoms. The van der Waals surface area contributed by atoms with Gasteiger partial charge >= 0.3 is 12.2 Å². The molecule has 1 aromatic heterocycles. The van der Waals surface area contributed by atoms with Gasteiger partial charge in [-0.3, -0.25) is 0 Å². The van der Waals surface area contributed by atoms with Gasteiger partial charge in [0, 0.05) is 11.3 Å². The van der Waals surface area contributed by atoms with Crippen LogP contribution in [0.15, 0.2) is 42.5 Å². The molecule has 0 atom stereocenters. The predicted octanol–water partition coefficient (Wildman–Crippen LogP) is 4.46. The van der Waals surface area contributed by atoms with Crippen LogP contribution in [0, 0.1) is 19.7 Å². The Morgan fingerprint density at radius 1 is 1.10 bits per heavy atom. The van der Waals surface area contributed by atoms with E-state index < -0.39 is 30.3 Å². The predicted molar refractivity (Wildman–Crippen MR) is 106 cm³/mol. The van der Waals surface area contributed by atoms with E-state index in [9.17, 15) is 22.4 Å². The maximum atomic E-state index is 13.7. The summed E-state index contributed by atoms with van der Waals surface area (Å²) in [6.45, 7) is 2.98. The van der Waals surface area contributed by atoms with E-state index in [0.29, 0.717) is 5.69 Å². The molecule has 0 bridgehead atoms. The number of hydrogen-bond acceptors (Lipinski definition) is 3. The second-order valence-electron chi connectivity index (χ2n) is 6.97. The van der Waals surface area contributed by atoms with Crippen molar-refractivity contribution in [2.24, 2.45) is 0 Å². The number of nitrogens with zero attached hydrogens (tertiary/aromatic N) is 2. The third-order valence-electron chi connectivity index (χ3n) is 4.72. The van der Waals surface area contributed by atoms with E-state index in [1.54, 1.807) is 18.2 Å². The van der Waals surface area contributed by atoms with E-state index in [4.69, 9.17) is 5.11 Å². The summed E-state index contributed by atoms with van der Waals surface area (Å²) in [5, 5.41) is 17.5. The minimum Gasteiger partial charge on any atom is -0.392 e. The average molecular weight is 436 g/mol. The molecule has 0 saturated heterocycles. The number of anilines is 1. The van der Waals surface area contributed by atoms with Gasteiger partial charge in [0.15, 0.2) is 5.69 Å². The fourth-order valence-corrected chi connectivity index (χ4v) is 2.86. The van der Waals surface area contributed by atoms with Crippen molar-refractivity contribution in [3.05, 3.63) is 76.4 Å². The number of benzene rings is 2. The van der Waals surface area contributed by atoms with Crippen molar-refractivity contribution in [3.63, 3.8) is 0 Å². The van der Waals surface area contributed by atoms with E-state index in [-0.39, 0.29) is 23.5 Å². The molecule has 0 aliphatic heterocycles. The van der Waals surface area contributed by atoms with Crippen molar-refractivity contribution >= 4 is 11.7 Å². The van der Waals surface area contributed by atoms with Crippen molar-refractivity contribution in [1.82, 2.24) is 15.1 Å². The van der Waals surface area contributed by atoms with Crippen LogP contribution in [0.1, 0.15) is 28.1 Å². The Balaban J connectivity index is 1.80. The number of aliphatic hydroxyl groups excluding tert-OH is 1. The number of carbonyl (C=O) groups is 1. The number of aromatic nitrogens is 2. The lowest BCUT2D eigenvalue weighted by Crippen LogP contribution is -2.29. The number of carbonyl (C=O) groups excluding carboxylic acids is 1. The number of rotatable bonds is 5. The second kappa shape index (κ2) is 8.76. The molecule has 164 valence electrons. The third-order valence-corrected chi connectivity index (χ3v) is 4.72. The van der Waals surface area contributed by atoms with Gasteiger partial charge in [0.2, 0.25) is 0 Å². The SMILES string of the molecule is Cc1ccc(-n2nc(C(F)(F)F)cc2CNC(=O)Nc2ccc(CO)c(F)c2)cc1C. The smallest absolute Gasteiger partial charge is 0.392 e. The molecule has 3 rings (SSSR count). The number of aliphatic hydroxyl groups is 1. The first-order valence-corrected chi connectivity index (χ1v) is 9.26. The monoisotopic (exact) mass is 436 g/mol. The lowest BCUT2D eigenvalue weighted by molar-refractivity contribution is -0.141. The van der Waals surface area contributed by atoms with Crippen molar-refractivity contribution in [3.8, 4) is 5.69 Å². The Bertz CT molecular complexity index is 1110. The molecule has 1 heterocycles. The highest BCUT2D eigenvalue weighted by Crippen LogP contribution is 2.30. The van der Waals surface area contributed by atoms with Gasteiger partial charge < -0.3 is 15.7 Å². The summed E-state index contributed by atoms with van der Waals surface area (Å²) in [7, 11) is 0. The van der Waals surface area contributed by atoms with Crippen LogP contribution in [0.25, 0.3) is 5.69 Å². The maximum absolute atomic E-state index is 13.7. The van der Waals surface area contributed by atoms with Crippen molar-refractivity contribution < 1.29 is 27.5 Å². The topological polar surface area (TPSA) is 79.2 Å². The first-order chi connectivity index (χ1) is 14.6. The quantitative estimate of drug-likeness (QED) is 0.517. The Hall–Kier alpha value is -3.40. The third kappa shape index (κ3) is 5.21. The van der Waals surface area contributed by atoms with Crippen LogP contribution in [0.4, 0.5) is 28.0 Å². The molecule has 0 aliphatic rings. The summed E-state index contributed by atoms with van der Waals surface area (Å²) in [6.07, 6.45) is -4.64. The summed E-state index contributed by atoms with van der Waals surface area (Å²) in [5.41, 5.74) is 1.53. The van der Waals surface area contributed by atoms with Gasteiger partial charge in [0.05, 0.1) is 24.5 Å². The molecule has 6 nitrogen and oxygen atoms in total. The molecule has 31 heavy (non-hydrogen) atoms. The van der Waals surface area contributed by atoms with Crippen molar-refractivity contribution in [1.29, 1.82) is 0 Å². The molecule has 3 N–H and O–H groups in total. The minimum atomic E-state index is -4.64. The number of urea groups is 1. The highest BCUT2D eigenvalue weighted by molar-refractivity contribution is 5.89. The lowest BCUT2D eigenvalue weighted by Gasteiger charge is -2.11. The summed E-state index contributed by atoms with van der Waals surface area (Å²) < 4.78 is 54.4. The fourth-order valence-electron chi connectivity index (χ4n) is 2.86. The van der Waals surface area contributed by atoms with Crippen LogP contribution in [-0.2, 0) is 19.3 Å².